The molecular formula is C8H12N4. The van der Waals surface area contributed by atoms with Gasteiger partial charge in [-0.15, -0.1) is 0 Å². The largest absolute Gasteiger partial charge is 0.384 e. The number of nitrogens with two attached hydrogens (primary N) is 1. The average molecular weight is 164 g/mol. The number of nitrogens with one attached hydrogen (secondary N) is 1. The smallest absolute Gasteiger partial charge is 0.127 e. The summed E-state index contributed by atoms with van der Waals surface area (Å²) < 4.78 is 0. The third kappa shape index (κ3) is 1.72. The van der Waals surface area contributed by atoms with E-state index >= 15 is 0 Å². The second-order valence-corrected chi connectivity index (χ2v) is 2.71. The van der Waals surface area contributed by atoms with Crippen LogP contribution in [0, 0.1) is 5.41 Å². The summed E-state index contributed by atoms with van der Waals surface area (Å²) in [5, 5.41) is 7.14. The molecule has 4 nitrogen and oxygen atoms in total. The molecule has 1 heterocycles. The predicted octanol–water partition coefficient (Wildman–Crippen LogP) is 0.432. The van der Waals surface area contributed by atoms with Crippen LogP contribution in [0.25, 0.3) is 0 Å². The van der Waals surface area contributed by atoms with Gasteiger partial charge in [0.1, 0.15) is 11.7 Å². The van der Waals surface area contributed by atoms with Crippen molar-refractivity contribution in [3.63, 3.8) is 0 Å². The van der Waals surface area contributed by atoms with E-state index < -0.39 is 0 Å². The Morgan fingerprint density at radius 2 is 2.17 bits per heavy atom. The number of rotatable bonds is 2. The molecule has 12 heavy (non-hydrogen) atoms. The zero-order chi connectivity index (χ0) is 9.14. The summed E-state index contributed by atoms with van der Waals surface area (Å²) in [5.41, 5.74) is 5.92. The van der Waals surface area contributed by atoms with Gasteiger partial charge in [0.15, 0.2) is 0 Å². The molecule has 0 amide bonds. The van der Waals surface area contributed by atoms with Crippen LogP contribution in [0.2, 0.25) is 0 Å². The van der Waals surface area contributed by atoms with Gasteiger partial charge in [0.25, 0.3) is 0 Å². The lowest BCUT2D eigenvalue weighted by Gasteiger charge is -2.10. The van der Waals surface area contributed by atoms with Crippen LogP contribution in [0.15, 0.2) is 18.3 Å². The first-order valence-corrected chi connectivity index (χ1v) is 3.59. The summed E-state index contributed by atoms with van der Waals surface area (Å²) in [7, 11) is 3.82. The van der Waals surface area contributed by atoms with Crippen molar-refractivity contribution < 1.29 is 0 Å². The van der Waals surface area contributed by atoms with E-state index in [2.05, 4.69) is 4.98 Å². The van der Waals surface area contributed by atoms with Crippen molar-refractivity contribution in [2.75, 3.05) is 19.0 Å². The first-order valence-electron chi connectivity index (χ1n) is 3.59. The van der Waals surface area contributed by atoms with E-state index in [9.17, 15) is 0 Å². The van der Waals surface area contributed by atoms with Gasteiger partial charge in [0.05, 0.1) is 0 Å². The number of amidine groups is 1. The van der Waals surface area contributed by atoms with Crippen LogP contribution in [0.5, 0.6) is 0 Å². The summed E-state index contributed by atoms with van der Waals surface area (Å²) in [4.78, 5) is 6.00. The topological polar surface area (TPSA) is 66.0 Å². The Balaban J connectivity index is 2.93. The molecule has 0 spiro atoms. The lowest BCUT2D eigenvalue weighted by atomic mass is 10.2. The van der Waals surface area contributed by atoms with Gasteiger partial charge in [-0.3, -0.25) is 5.41 Å². The number of hydrogen-bond donors (Lipinski definition) is 2. The number of pyridine rings is 1. The minimum Gasteiger partial charge on any atom is -0.384 e. The molecule has 0 aliphatic carbocycles. The molecule has 0 saturated carbocycles. The predicted molar refractivity (Wildman–Crippen MR) is 49.6 cm³/mol. The minimum atomic E-state index is 0.0489. The molecule has 0 radical (unpaired) electrons. The van der Waals surface area contributed by atoms with Crippen LogP contribution in [-0.2, 0) is 0 Å². The van der Waals surface area contributed by atoms with Gasteiger partial charge in [0.2, 0.25) is 0 Å². The molecule has 64 valence electrons. The maximum Gasteiger partial charge on any atom is 0.127 e. The SMILES string of the molecule is CN(C)c1ccc(C(=N)N)cn1. The minimum absolute atomic E-state index is 0.0489. The second-order valence-electron chi connectivity index (χ2n) is 2.71. The molecule has 0 aliphatic rings. The van der Waals surface area contributed by atoms with E-state index in [-0.39, 0.29) is 5.84 Å². The van der Waals surface area contributed by atoms with E-state index in [1.165, 1.54) is 0 Å². The van der Waals surface area contributed by atoms with Crippen LogP contribution in [0.1, 0.15) is 5.56 Å². The fraction of sp³-hybridized carbons (Fsp3) is 0.250. The highest BCUT2D eigenvalue weighted by molar-refractivity contribution is 5.94. The first kappa shape index (κ1) is 8.52. The Bertz CT molecular complexity index is 276. The summed E-state index contributed by atoms with van der Waals surface area (Å²) in [6.45, 7) is 0. The molecule has 0 atom stereocenters. The number of hydrogen-bond acceptors (Lipinski definition) is 3. The Kier molecular flexibility index (Phi) is 2.28. The average Bonchev–Trinajstić information content (AvgIpc) is 2.04. The van der Waals surface area contributed by atoms with Gasteiger partial charge in [0, 0.05) is 25.9 Å². The lowest BCUT2D eigenvalue weighted by Crippen LogP contribution is -2.14. The molecule has 4 heteroatoms. The highest BCUT2D eigenvalue weighted by Crippen LogP contribution is 2.06. The zero-order valence-corrected chi connectivity index (χ0v) is 7.20. The van der Waals surface area contributed by atoms with Crippen molar-refractivity contribution in [2.45, 2.75) is 0 Å². The number of nitrogen functional groups attached to an aromatic ring is 1. The fourth-order valence-corrected chi connectivity index (χ4v) is 0.810. The Labute approximate surface area is 71.5 Å². The molecule has 0 bridgehead atoms. The highest BCUT2D eigenvalue weighted by Gasteiger charge is 1.98. The molecule has 0 fully saturated rings. The van der Waals surface area contributed by atoms with E-state index in [0.29, 0.717) is 5.56 Å². The molecule has 1 aromatic rings. The lowest BCUT2D eigenvalue weighted by molar-refractivity contribution is 1.07. The summed E-state index contributed by atoms with van der Waals surface area (Å²) in [6.07, 6.45) is 1.59. The summed E-state index contributed by atoms with van der Waals surface area (Å²) >= 11 is 0. The maximum absolute atomic E-state index is 7.14. The van der Waals surface area contributed by atoms with Gasteiger partial charge in [-0.05, 0) is 12.1 Å². The number of nitrogens with zero attached hydrogens (tertiary/aromatic N) is 2. The van der Waals surface area contributed by atoms with E-state index in [1.54, 1.807) is 12.3 Å². The van der Waals surface area contributed by atoms with Gasteiger partial charge < -0.3 is 10.6 Å². The summed E-state index contributed by atoms with van der Waals surface area (Å²) in [5.74, 6) is 0.910. The van der Waals surface area contributed by atoms with Gasteiger partial charge >= 0.3 is 0 Å². The van der Waals surface area contributed by atoms with Crippen molar-refractivity contribution in [2.24, 2.45) is 5.73 Å². The Morgan fingerprint density at radius 1 is 1.50 bits per heavy atom. The third-order valence-corrected chi connectivity index (χ3v) is 1.52. The molecule has 1 aromatic heterocycles. The zero-order valence-electron chi connectivity index (χ0n) is 7.20. The van der Waals surface area contributed by atoms with Crippen LogP contribution >= 0.6 is 0 Å². The third-order valence-electron chi connectivity index (χ3n) is 1.52. The molecule has 0 aromatic carbocycles. The van der Waals surface area contributed by atoms with Crippen molar-refractivity contribution in [1.82, 2.24) is 4.98 Å². The number of aromatic nitrogens is 1. The van der Waals surface area contributed by atoms with Gasteiger partial charge in [-0.2, -0.15) is 0 Å². The van der Waals surface area contributed by atoms with Crippen molar-refractivity contribution in [1.29, 1.82) is 5.41 Å². The normalized spacial score (nSPS) is 9.50. The monoisotopic (exact) mass is 164 g/mol. The number of anilines is 1. The van der Waals surface area contributed by atoms with Gasteiger partial charge in [-0.25, -0.2) is 4.98 Å². The molecule has 1 rings (SSSR count). The molecule has 3 N–H and O–H groups in total. The van der Waals surface area contributed by atoms with Crippen molar-refractivity contribution in [3.05, 3.63) is 23.9 Å². The van der Waals surface area contributed by atoms with E-state index in [0.717, 1.165) is 5.82 Å². The van der Waals surface area contributed by atoms with Crippen LogP contribution < -0.4 is 10.6 Å². The van der Waals surface area contributed by atoms with Crippen LogP contribution in [0.3, 0.4) is 0 Å². The maximum atomic E-state index is 7.14. The second kappa shape index (κ2) is 3.21. The Morgan fingerprint density at radius 3 is 2.50 bits per heavy atom. The Hall–Kier alpha value is -1.58. The van der Waals surface area contributed by atoms with Gasteiger partial charge in [-0.1, -0.05) is 0 Å². The fourth-order valence-electron chi connectivity index (χ4n) is 0.810. The van der Waals surface area contributed by atoms with Crippen LogP contribution in [0.4, 0.5) is 5.82 Å². The molecule has 0 aliphatic heterocycles. The molecule has 0 saturated heterocycles. The van der Waals surface area contributed by atoms with Crippen molar-refractivity contribution >= 4 is 11.7 Å². The highest BCUT2D eigenvalue weighted by atomic mass is 15.1. The quantitative estimate of drug-likeness (QED) is 0.492. The van der Waals surface area contributed by atoms with E-state index in [1.807, 2.05) is 25.1 Å². The van der Waals surface area contributed by atoms with Crippen molar-refractivity contribution in [3.8, 4) is 0 Å². The van der Waals surface area contributed by atoms with Crippen LogP contribution in [-0.4, -0.2) is 24.9 Å². The standard InChI is InChI=1S/C8H12N4/c1-12(2)7-4-3-6(5-11-7)8(9)10/h3-5H,1-2H3,(H3,9,10). The first-order chi connectivity index (χ1) is 5.61. The van der Waals surface area contributed by atoms with E-state index in [4.69, 9.17) is 11.1 Å². The molecule has 0 unspecified atom stereocenters. The summed E-state index contributed by atoms with van der Waals surface area (Å²) in [6, 6.07) is 3.61. The molecular weight excluding hydrogens is 152 g/mol.